The molecule has 2 fully saturated rings. The number of halogens is 2. The number of benzene rings is 2. The molecular formula is C30H38ClFN4O4. The highest BCUT2D eigenvalue weighted by molar-refractivity contribution is 6.30. The van der Waals surface area contributed by atoms with Crippen LogP contribution in [-0.4, -0.2) is 95.8 Å². The first-order chi connectivity index (χ1) is 19.1. The zero-order valence-corrected chi connectivity index (χ0v) is 24.2. The van der Waals surface area contributed by atoms with Gasteiger partial charge in [0, 0.05) is 57.4 Å². The molecule has 216 valence electrons. The molecule has 4 rings (SSSR count). The third-order valence-corrected chi connectivity index (χ3v) is 7.35. The number of carbonyl (C=O) groups is 1. The summed E-state index contributed by atoms with van der Waals surface area (Å²) in [5.41, 5.74) is 1.01. The number of piperazine rings is 2. The molecule has 2 saturated heterocycles. The Labute approximate surface area is 240 Å². The Bertz CT molecular complexity index is 1170. The molecule has 10 heteroatoms. The molecule has 0 aliphatic carbocycles. The molecule has 8 nitrogen and oxygen atoms in total. The van der Waals surface area contributed by atoms with Crippen molar-refractivity contribution < 1.29 is 23.5 Å². The largest absolute Gasteiger partial charge is 0.473 e. The lowest BCUT2D eigenvalue weighted by atomic mass is 10.0. The Morgan fingerprint density at radius 2 is 1.68 bits per heavy atom. The predicted octanol–water partition coefficient (Wildman–Crippen LogP) is 4.66. The summed E-state index contributed by atoms with van der Waals surface area (Å²) in [6, 6.07) is 13.4. The number of amides is 1. The van der Waals surface area contributed by atoms with Crippen molar-refractivity contribution in [3.63, 3.8) is 0 Å². The van der Waals surface area contributed by atoms with Gasteiger partial charge in [0.25, 0.3) is 0 Å². The van der Waals surface area contributed by atoms with Gasteiger partial charge in [-0.3, -0.25) is 9.80 Å². The maximum atomic E-state index is 13.5. The average molecular weight is 573 g/mol. The lowest BCUT2D eigenvalue weighted by molar-refractivity contribution is 0.0129. The quantitative estimate of drug-likeness (QED) is 0.426. The number of carbonyl (C=O) groups excluding carboxylic acids is 2. The van der Waals surface area contributed by atoms with Gasteiger partial charge in [-0.2, -0.15) is 0 Å². The van der Waals surface area contributed by atoms with Gasteiger partial charge in [0.05, 0.1) is 6.04 Å². The lowest BCUT2D eigenvalue weighted by Gasteiger charge is -2.43. The monoisotopic (exact) mass is 572 g/mol. The molecule has 1 unspecified atom stereocenters. The van der Waals surface area contributed by atoms with E-state index in [9.17, 15) is 14.0 Å². The van der Waals surface area contributed by atoms with Crippen LogP contribution in [0.4, 0.5) is 9.18 Å². The standard InChI is InChI=1S/C30H38ClFN4O4/c1-30(2,3)40-29(38)34-16-14-33(15-17-34)13-12-27-28(21-37)36(22-39-26-10-6-24(31)7-11-26)19-18-35(27)20-23-4-8-25(32)9-5-23/h4-11,27H,12-20,22H2,1-3H3. The maximum Gasteiger partial charge on any atom is 0.410 e. The van der Waals surface area contributed by atoms with Crippen molar-refractivity contribution >= 4 is 23.6 Å². The molecule has 2 aromatic carbocycles. The van der Waals surface area contributed by atoms with Crippen LogP contribution in [0.1, 0.15) is 32.8 Å². The van der Waals surface area contributed by atoms with Crippen LogP contribution in [0.5, 0.6) is 5.75 Å². The van der Waals surface area contributed by atoms with E-state index in [1.807, 2.05) is 25.7 Å². The Hall–Kier alpha value is -3.10. The topological polar surface area (TPSA) is 65.6 Å². The van der Waals surface area contributed by atoms with E-state index in [-0.39, 0.29) is 24.7 Å². The third kappa shape index (κ3) is 8.45. The molecule has 0 radical (unpaired) electrons. The van der Waals surface area contributed by atoms with Crippen LogP contribution >= 0.6 is 11.6 Å². The normalized spacial score (nSPS) is 18.9. The van der Waals surface area contributed by atoms with Crippen LogP contribution in [0.15, 0.2) is 54.2 Å². The highest BCUT2D eigenvalue weighted by Crippen LogP contribution is 2.26. The minimum atomic E-state index is -0.524. The van der Waals surface area contributed by atoms with Crippen LogP contribution in [-0.2, 0) is 16.1 Å². The summed E-state index contributed by atoms with van der Waals surface area (Å²) in [5.74, 6) is 2.60. The minimum absolute atomic E-state index is 0.186. The van der Waals surface area contributed by atoms with Crippen molar-refractivity contribution in [2.75, 3.05) is 52.5 Å². The summed E-state index contributed by atoms with van der Waals surface area (Å²) in [7, 11) is 0. The molecule has 2 aliphatic rings. The van der Waals surface area contributed by atoms with E-state index in [0.717, 1.165) is 25.2 Å². The van der Waals surface area contributed by atoms with Gasteiger partial charge in [0.15, 0.2) is 6.73 Å². The van der Waals surface area contributed by atoms with Gasteiger partial charge in [0.1, 0.15) is 28.8 Å². The van der Waals surface area contributed by atoms with E-state index in [4.69, 9.17) is 21.1 Å². The Balaban J connectivity index is 1.40. The molecule has 0 saturated carbocycles. The van der Waals surface area contributed by atoms with Crippen LogP contribution < -0.4 is 4.74 Å². The SMILES string of the molecule is CC(C)(C)OC(=O)N1CCN(CCC2C(=C=O)N(COc3ccc(Cl)cc3)CCN2Cc2ccc(F)cc2)CC1. The van der Waals surface area contributed by atoms with Crippen molar-refractivity contribution in [3.05, 3.63) is 70.6 Å². The third-order valence-electron chi connectivity index (χ3n) is 7.10. The molecule has 0 bridgehead atoms. The first kappa shape index (κ1) is 29.9. The number of rotatable bonds is 8. The van der Waals surface area contributed by atoms with Crippen LogP contribution in [0.25, 0.3) is 0 Å². The summed E-state index contributed by atoms with van der Waals surface area (Å²) in [6.07, 6.45) is 0.419. The fourth-order valence-electron chi connectivity index (χ4n) is 4.98. The van der Waals surface area contributed by atoms with Gasteiger partial charge in [-0.05, 0) is 69.2 Å². The molecule has 0 aromatic heterocycles. The van der Waals surface area contributed by atoms with Crippen molar-refractivity contribution in [1.82, 2.24) is 19.6 Å². The molecule has 1 atom stereocenters. The first-order valence-electron chi connectivity index (χ1n) is 13.7. The van der Waals surface area contributed by atoms with E-state index >= 15 is 0 Å². The summed E-state index contributed by atoms with van der Waals surface area (Å²) >= 11 is 5.99. The number of ether oxygens (including phenoxy) is 2. The minimum Gasteiger partial charge on any atom is -0.473 e. The molecule has 40 heavy (non-hydrogen) atoms. The van der Waals surface area contributed by atoms with E-state index in [2.05, 4.69) is 15.7 Å². The first-order valence-corrected chi connectivity index (χ1v) is 14.1. The van der Waals surface area contributed by atoms with Crippen LogP contribution in [0, 0.1) is 5.82 Å². The Morgan fingerprint density at radius 1 is 1.00 bits per heavy atom. The maximum absolute atomic E-state index is 13.5. The average Bonchev–Trinajstić information content (AvgIpc) is 2.92. The van der Waals surface area contributed by atoms with E-state index < -0.39 is 5.60 Å². The van der Waals surface area contributed by atoms with E-state index in [1.54, 1.807) is 41.3 Å². The fraction of sp³-hybridized carbons (Fsp3) is 0.500. The lowest BCUT2D eigenvalue weighted by Crippen LogP contribution is -2.54. The summed E-state index contributed by atoms with van der Waals surface area (Å²) in [6.45, 7) is 11.1. The smallest absolute Gasteiger partial charge is 0.410 e. The van der Waals surface area contributed by atoms with Gasteiger partial charge >= 0.3 is 6.09 Å². The van der Waals surface area contributed by atoms with Crippen LogP contribution in [0.3, 0.4) is 0 Å². The Morgan fingerprint density at radius 3 is 2.30 bits per heavy atom. The number of nitrogens with zero attached hydrogens (tertiary/aromatic N) is 4. The van der Waals surface area contributed by atoms with E-state index in [0.29, 0.717) is 55.6 Å². The van der Waals surface area contributed by atoms with Gasteiger partial charge in [0.2, 0.25) is 0 Å². The fourth-order valence-corrected chi connectivity index (χ4v) is 5.10. The van der Waals surface area contributed by atoms with Crippen molar-refractivity contribution in [3.8, 4) is 5.75 Å². The van der Waals surface area contributed by atoms with Crippen molar-refractivity contribution in [2.24, 2.45) is 0 Å². The van der Waals surface area contributed by atoms with Crippen molar-refractivity contribution in [1.29, 1.82) is 0 Å². The molecule has 2 aromatic rings. The van der Waals surface area contributed by atoms with Crippen LogP contribution in [0.2, 0.25) is 5.02 Å². The number of hydrogen-bond acceptors (Lipinski definition) is 7. The molecule has 2 aliphatic heterocycles. The summed E-state index contributed by atoms with van der Waals surface area (Å²) in [5, 5.41) is 0.627. The zero-order valence-electron chi connectivity index (χ0n) is 23.4. The molecular weight excluding hydrogens is 535 g/mol. The van der Waals surface area contributed by atoms with Gasteiger partial charge < -0.3 is 19.3 Å². The predicted molar refractivity (Wildman–Crippen MR) is 152 cm³/mol. The van der Waals surface area contributed by atoms with Crippen molar-refractivity contribution in [2.45, 2.75) is 45.4 Å². The van der Waals surface area contributed by atoms with Gasteiger partial charge in [-0.15, -0.1) is 0 Å². The van der Waals surface area contributed by atoms with Gasteiger partial charge in [-0.25, -0.2) is 14.0 Å². The highest BCUT2D eigenvalue weighted by Gasteiger charge is 2.34. The summed E-state index contributed by atoms with van der Waals surface area (Å²) < 4.78 is 25.0. The van der Waals surface area contributed by atoms with E-state index in [1.165, 1.54) is 12.1 Å². The number of hydrogen-bond donors (Lipinski definition) is 0. The van der Waals surface area contributed by atoms with Gasteiger partial charge in [-0.1, -0.05) is 23.7 Å². The second-order valence-corrected chi connectivity index (χ2v) is 11.6. The molecule has 0 N–H and O–H groups in total. The second-order valence-electron chi connectivity index (χ2n) is 11.2. The molecule has 1 amide bonds. The Kier molecular flexibility index (Phi) is 10.1. The summed E-state index contributed by atoms with van der Waals surface area (Å²) in [4.78, 5) is 33.0. The second kappa shape index (κ2) is 13.5. The highest BCUT2D eigenvalue weighted by atomic mass is 35.5. The molecule has 2 heterocycles. The molecule has 0 spiro atoms. The zero-order chi connectivity index (χ0) is 28.7.